The first-order chi connectivity index (χ1) is 11.9. The number of aromatic hydroxyl groups is 1. The number of hydrogen-bond acceptors (Lipinski definition) is 5. The first-order valence-corrected chi connectivity index (χ1v) is 10.2. The first kappa shape index (κ1) is 19.0. The number of fused-ring (bicyclic) bond motifs is 1. The van der Waals surface area contributed by atoms with Gasteiger partial charge in [-0.05, 0) is 32.0 Å². The Morgan fingerprint density at radius 3 is 2.15 bits per heavy atom. The summed E-state index contributed by atoms with van der Waals surface area (Å²) >= 11 is 0. The predicted octanol–water partition coefficient (Wildman–Crippen LogP) is 4.58. The Kier molecular flexibility index (Phi) is 4.30. The van der Waals surface area contributed by atoms with Crippen molar-refractivity contribution in [3.63, 3.8) is 0 Å². The summed E-state index contributed by atoms with van der Waals surface area (Å²) in [5, 5.41) is 10.2. The van der Waals surface area contributed by atoms with Crippen LogP contribution >= 0.6 is 10.6 Å². The second-order valence-corrected chi connectivity index (χ2v) is 10.00. The molecule has 1 heterocycles. The minimum atomic E-state index is -6.00. The molecule has 0 saturated heterocycles. The summed E-state index contributed by atoms with van der Waals surface area (Å²) in [5.41, 5.74) is -6.28. The van der Waals surface area contributed by atoms with Crippen LogP contribution in [0.5, 0.6) is 5.75 Å². The van der Waals surface area contributed by atoms with Crippen LogP contribution in [0.15, 0.2) is 58.3 Å². The maximum absolute atomic E-state index is 13.0. The third-order valence-corrected chi connectivity index (χ3v) is 8.34. The highest BCUT2D eigenvalue weighted by Crippen LogP contribution is 2.75. The highest BCUT2D eigenvalue weighted by Gasteiger charge is 2.56. The summed E-state index contributed by atoms with van der Waals surface area (Å²) < 4.78 is 73.3. The number of hydrogen-bond donors (Lipinski definition) is 1. The van der Waals surface area contributed by atoms with Gasteiger partial charge < -0.3 is 5.11 Å². The molecule has 0 aliphatic carbocycles. The Bertz CT molecular complexity index is 956. The van der Waals surface area contributed by atoms with E-state index in [1.54, 1.807) is 26.0 Å². The number of rotatable bonds is 3. The Morgan fingerprint density at radius 1 is 1.04 bits per heavy atom. The van der Waals surface area contributed by atoms with Crippen molar-refractivity contribution in [2.24, 2.45) is 0 Å². The molecule has 1 aliphatic rings. The highest BCUT2D eigenvalue weighted by atomic mass is 32.3. The van der Waals surface area contributed by atoms with Crippen molar-refractivity contribution < 1.29 is 34.5 Å². The summed E-state index contributed by atoms with van der Waals surface area (Å²) in [5.74, 6) is -0.424. The first-order valence-electron chi connectivity index (χ1n) is 7.35. The molecule has 0 aromatic heterocycles. The SMILES string of the molecule is CC1(C)OS(OS(=O)(=O)C(F)(F)F)(c2ccccc2O)c2ccccc21. The third kappa shape index (κ3) is 2.86. The van der Waals surface area contributed by atoms with Gasteiger partial charge in [0.25, 0.3) is 0 Å². The summed E-state index contributed by atoms with van der Waals surface area (Å²) in [4.78, 5) is -0.00910. The molecule has 10 heteroatoms. The lowest BCUT2D eigenvalue weighted by Crippen LogP contribution is -2.28. The second-order valence-electron chi connectivity index (χ2n) is 6.03. The van der Waals surface area contributed by atoms with E-state index in [-0.39, 0.29) is 9.79 Å². The van der Waals surface area contributed by atoms with Crippen LogP contribution in [0.2, 0.25) is 0 Å². The van der Waals surface area contributed by atoms with Gasteiger partial charge in [0.05, 0.1) is 4.90 Å². The smallest absolute Gasteiger partial charge is 0.506 e. The number of phenolic OH excluding ortho intramolecular Hbond substituents is 1. The molecule has 1 unspecified atom stereocenters. The van der Waals surface area contributed by atoms with E-state index >= 15 is 0 Å². The van der Waals surface area contributed by atoms with E-state index in [1.807, 2.05) is 0 Å². The Balaban J connectivity index is 2.32. The van der Waals surface area contributed by atoms with Crippen molar-refractivity contribution in [3.8, 4) is 5.75 Å². The highest BCUT2D eigenvalue weighted by molar-refractivity contribution is 8.29. The van der Waals surface area contributed by atoms with Crippen molar-refractivity contribution >= 4 is 20.7 Å². The topological polar surface area (TPSA) is 72.8 Å². The quantitative estimate of drug-likeness (QED) is 0.753. The van der Waals surface area contributed by atoms with E-state index in [0.717, 1.165) is 0 Å². The van der Waals surface area contributed by atoms with E-state index < -0.39 is 37.6 Å². The predicted molar refractivity (Wildman–Crippen MR) is 88.8 cm³/mol. The summed E-state index contributed by atoms with van der Waals surface area (Å²) in [6, 6.07) is 11.7. The van der Waals surface area contributed by atoms with Gasteiger partial charge in [0.2, 0.25) is 0 Å². The molecule has 0 amide bonds. The molecule has 0 fully saturated rings. The lowest BCUT2D eigenvalue weighted by molar-refractivity contribution is -0.0502. The zero-order chi connectivity index (χ0) is 19.4. The van der Waals surface area contributed by atoms with Gasteiger partial charge in [-0.15, -0.1) is 14.2 Å². The van der Waals surface area contributed by atoms with Crippen LogP contribution < -0.4 is 0 Å². The van der Waals surface area contributed by atoms with Gasteiger partial charge in [0.15, 0.2) is 0 Å². The van der Waals surface area contributed by atoms with Crippen LogP contribution in [-0.4, -0.2) is 19.0 Å². The van der Waals surface area contributed by atoms with Gasteiger partial charge in [-0.2, -0.15) is 21.6 Å². The fourth-order valence-corrected chi connectivity index (χ4v) is 7.25. The lowest BCUT2D eigenvalue weighted by Gasteiger charge is -2.40. The van der Waals surface area contributed by atoms with Gasteiger partial charge >= 0.3 is 15.6 Å². The third-order valence-electron chi connectivity index (χ3n) is 3.77. The normalized spacial score (nSPS) is 24.7. The maximum Gasteiger partial charge on any atom is 0.524 e. The van der Waals surface area contributed by atoms with Crippen molar-refractivity contribution in [1.29, 1.82) is 0 Å². The molecule has 3 rings (SSSR count). The molecular formula is C16H15F3O5S2. The molecule has 0 spiro atoms. The monoisotopic (exact) mass is 408 g/mol. The summed E-state index contributed by atoms with van der Waals surface area (Å²) in [6.07, 6.45) is 0. The van der Waals surface area contributed by atoms with Gasteiger partial charge in [0, 0.05) is 5.56 Å². The molecule has 2 aromatic carbocycles. The number of benzene rings is 2. The molecule has 2 aromatic rings. The Labute approximate surface area is 150 Å². The molecule has 0 bridgehead atoms. The van der Waals surface area contributed by atoms with Gasteiger partial charge in [0.1, 0.15) is 16.2 Å². The van der Waals surface area contributed by atoms with Crippen LogP contribution in [-0.2, 0) is 23.5 Å². The van der Waals surface area contributed by atoms with Gasteiger partial charge in [-0.3, -0.25) is 4.18 Å². The lowest BCUT2D eigenvalue weighted by atomic mass is 9.99. The van der Waals surface area contributed by atoms with Crippen LogP contribution in [0.3, 0.4) is 0 Å². The molecule has 5 nitrogen and oxygen atoms in total. The largest absolute Gasteiger partial charge is 0.524 e. The van der Waals surface area contributed by atoms with E-state index in [9.17, 15) is 26.7 Å². The van der Waals surface area contributed by atoms with Crippen LogP contribution in [0.25, 0.3) is 0 Å². The number of halogens is 3. The molecule has 0 saturated carbocycles. The van der Waals surface area contributed by atoms with Crippen molar-refractivity contribution in [2.45, 2.75) is 34.7 Å². The van der Waals surface area contributed by atoms with Crippen molar-refractivity contribution in [1.82, 2.24) is 0 Å². The Hall–Kier alpha value is -1.75. The Morgan fingerprint density at radius 2 is 1.58 bits per heavy atom. The molecule has 1 N–H and O–H groups in total. The summed E-state index contributed by atoms with van der Waals surface area (Å²) in [6.45, 7) is 3.17. The number of phenols is 1. The van der Waals surface area contributed by atoms with Crippen molar-refractivity contribution in [2.75, 3.05) is 0 Å². The summed E-state index contributed by atoms with van der Waals surface area (Å²) in [7, 11) is -9.63. The zero-order valence-corrected chi connectivity index (χ0v) is 15.3. The zero-order valence-electron chi connectivity index (χ0n) is 13.6. The minimum Gasteiger partial charge on any atom is -0.506 e. The van der Waals surface area contributed by atoms with E-state index in [1.165, 1.54) is 36.4 Å². The van der Waals surface area contributed by atoms with E-state index in [0.29, 0.717) is 5.56 Å². The molecule has 26 heavy (non-hydrogen) atoms. The molecule has 1 aliphatic heterocycles. The molecule has 142 valence electrons. The van der Waals surface area contributed by atoms with Gasteiger partial charge in [-0.25, -0.2) is 0 Å². The fraction of sp³-hybridized carbons (Fsp3) is 0.250. The maximum atomic E-state index is 13.0. The molecule has 0 radical (unpaired) electrons. The average molecular weight is 408 g/mol. The minimum absolute atomic E-state index is 0.152. The van der Waals surface area contributed by atoms with Crippen molar-refractivity contribution in [3.05, 3.63) is 54.1 Å². The molecule has 1 atom stereocenters. The van der Waals surface area contributed by atoms with Gasteiger partial charge in [-0.1, -0.05) is 30.3 Å². The molecular weight excluding hydrogens is 393 g/mol. The average Bonchev–Trinajstić information content (AvgIpc) is 2.75. The second kappa shape index (κ2) is 5.88. The van der Waals surface area contributed by atoms with E-state index in [4.69, 9.17) is 7.81 Å². The number of alkyl halides is 3. The van der Waals surface area contributed by atoms with Crippen LogP contribution in [0, 0.1) is 0 Å². The fourth-order valence-electron chi connectivity index (χ4n) is 2.68. The van der Waals surface area contributed by atoms with E-state index in [2.05, 4.69) is 0 Å². The standard InChI is InChI=1S/C16H15F3O5S2/c1-15(2)11-7-3-5-9-13(11)25(23-15,14-10-6-4-8-12(14)20)24-26(21,22)16(17,18)19/h3-10,20H,1-2H3. The van der Waals surface area contributed by atoms with Crippen LogP contribution in [0.4, 0.5) is 13.2 Å². The van der Waals surface area contributed by atoms with Crippen LogP contribution in [0.1, 0.15) is 19.4 Å². The number of para-hydroxylation sites is 1.